The van der Waals surface area contributed by atoms with Crippen LogP contribution in [0.15, 0.2) is 78.9 Å². The van der Waals surface area contributed by atoms with Gasteiger partial charge in [-0.2, -0.15) is 0 Å². The fourth-order valence-electron chi connectivity index (χ4n) is 5.67. The number of nitrogens with two attached hydrogens (primary N) is 1. The molecule has 0 spiro atoms. The van der Waals surface area contributed by atoms with Crippen molar-refractivity contribution >= 4 is 35.2 Å². The number of rotatable bonds is 18. The van der Waals surface area contributed by atoms with E-state index in [4.69, 9.17) is 17.3 Å². The van der Waals surface area contributed by atoms with Crippen molar-refractivity contribution < 1.29 is 19.2 Å². The number of carbonyl (C=O) groups excluding carboxylic acids is 4. The van der Waals surface area contributed by atoms with E-state index >= 15 is 0 Å². The summed E-state index contributed by atoms with van der Waals surface area (Å²) < 4.78 is 0. The molecular weight excluding hydrogens is 638 g/mol. The minimum Gasteiger partial charge on any atom is -0.350 e. The lowest BCUT2D eigenvalue weighted by Crippen LogP contribution is -2.53. The lowest BCUT2D eigenvalue weighted by atomic mass is 9.91. The molecule has 0 saturated heterocycles. The SMILES string of the molecule is CCCN(CCC)C(=O)c1cccc(C(=O)N[C@@H](Cc2ccc(Cl)cc2)[C@@H](N)C[C@@H](C)C(=O)N[C@H](C(=O)NCc2ccccc2)C(C)C)c1. The average molecular weight is 690 g/mol. The minimum absolute atomic E-state index is 0.110. The number of halogens is 1. The molecule has 0 heterocycles. The second kappa shape index (κ2) is 19.7. The molecule has 4 atom stereocenters. The summed E-state index contributed by atoms with van der Waals surface area (Å²) in [4.78, 5) is 55.2. The summed E-state index contributed by atoms with van der Waals surface area (Å²) in [6.07, 6.45) is 2.33. The van der Waals surface area contributed by atoms with E-state index in [1.54, 1.807) is 48.2 Å². The van der Waals surface area contributed by atoms with Gasteiger partial charge in [0.1, 0.15) is 6.04 Å². The van der Waals surface area contributed by atoms with Crippen molar-refractivity contribution in [1.29, 1.82) is 0 Å². The van der Waals surface area contributed by atoms with Crippen molar-refractivity contribution in [2.45, 2.75) is 85.0 Å². The van der Waals surface area contributed by atoms with E-state index in [0.717, 1.165) is 24.0 Å². The zero-order valence-electron chi connectivity index (χ0n) is 29.4. The van der Waals surface area contributed by atoms with Gasteiger partial charge in [0, 0.05) is 53.8 Å². The number of amides is 4. The Morgan fingerprint density at radius 2 is 1.41 bits per heavy atom. The molecule has 10 heteroatoms. The van der Waals surface area contributed by atoms with Gasteiger partial charge in [-0.15, -0.1) is 0 Å². The summed E-state index contributed by atoms with van der Waals surface area (Å²) in [6, 6.07) is 21.7. The normalized spacial score (nSPS) is 13.6. The van der Waals surface area contributed by atoms with Crippen LogP contribution in [0.25, 0.3) is 0 Å². The van der Waals surface area contributed by atoms with Gasteiger partial charge in [0.15, 0.2) is 0 Å². The quantitative estimate of drug-likeness (QED) is 0.135. The molecule has 0 aliphatic carbocycles. The highest BCUT2D eigenvalue weighted by Crippen LogP contribution is 2.17. The molecule has 4 amide bonds. The summed E-state index contributed by atoms with van der Waals surface area (Å²) in [5.74, 6) is -1.72. The van der Waals surface area contributed by atoms with E-state index in [1.807, 2.05) is 70.2 Å². The van der Waals surface area contributed by atoms with Crippen LogP contribution in [0.3, 0.4) is 0 Å². The van der Waals surface area contributed by atoms with Crippen molar-refractivity contribution in [3.05, 3.63) is 106 Å². The Balaban J connectivity index is 1.73. The van der Waals surface area contributed by atoms with Crippen molar-refractivity contribution in [2.24, 2.45) is 17.6 Å². The van der Waals surface area contributed by atoms with Crippen LogP contribution in [-0.4, -0.2) is 59.7 Å². The third-order valence-electron chi connectivity index (χ3n) is 8.48. The number of benzene rings is 3. The Bertz CT molecular complexity index is 1510. The zero-order chi connectivity index (χ0) is 35.9. The first-order valence-corrected chi connectivity index (χ1v) is 17.6. The zero-order valence-corrected chi connectivity index (χ0v) is 30.1. The largest absolute Gasteiger partial charge is 0.350 e. The third-order valence-corrected chi connectivity index (χ3v) is 8.73. The minimum atomic E-state index is -0.722. The van der Waals surface area contributed by atoms with Crippen LogP contribution in [0.4, 0.5) is 0 Å². The molecule has 0 aromatic heterocycles. The van der Waals surface area contributed by atoms with Gasteiger partial charge in [-0.05, 0) is 73.1 Å². The van der Waals surface area contributed by atoms with Gasteiger partial charge in [-0.1, -0.05) is 94.8 Å². The number of carbonyl (C=O) groups is 4. The summed E-state index contributed by atoms with van der Waals surface area (Å²) in [5, 5.41) is 9.51. The smallest absolute Gasteiger partial charge is 0.253 e. The standard InChI is InChI=1S/C39H52ClN5O4/c1-6-20-45(21-7-2)39(49)31-15-11-14-30(24-31)37(47)43-34(23-28-16-18-32(40)19-17-28)33(41)22-27(5)36(46)44-35(26(3)4)38(48)42-25-29-12-9-8-10-13-29/h8-19,24,26-27,33-35H,6-7,20-23,25,41H2,1-5H3,(H,42,48)(H,43,47)(H,44,46)/t27-,33+,34+,35+/m1/s1. The first kappa shape index (κ1) is 39.2. The summed E-state index contributed by atoms with van der Waals surface area (Å²) in [7, 11) is 0. The summed E-state index contributed by atoms with van der Waals surface area (Å²) >= 11 is 6.12. The van der Waals surface area contributed by atoms with E-state index in [1.165, 1.54) is 0 Å². The lowest BCUT2D eigenvalue weighted by Gasteiger charge is -2.29. The molecule has 0 unspecified atom stereocenters. The molecule has 9 nitrogen and oxygen atoms in total. The second-order valence-corrected chi connectivity index (χ2v) is 13.5. The van der Waals surface area contributed by atoms with Gasteiger partial charge < -0.3 is 26.6 Å². The Labute approximate surface area is 296 Å². The topological polar surface area (TPSA) is 134 Å². The second-order valence-electron chi connectivity index (χ2n) is 13.0. The molecule has 3 rings (SSSR count). The van der Waals surface area contributed by atoms with Crippen LogP contribution < -0.4 is 21.7 Å². The molecule has 3 aromatic rings. The predicted octanol–water partition coefficient (Wildman–Crippen LogP) is 5.75. The average Bonchev–Trinajstić information content (AvgIpc) is 3.09. The van der Waals surface area contributed by atoms with Crippen LogP contribution in [0.1, 0.15) is 85.7 Å². The molecular formula is C39H52ClN5O4. The van der Waals surface area contributed by atoms with E-state index in [2.05, 4.69) is 16.0 Å². The first-order chi connectivity index (χ1) is 23.4. The van der Waals surface area contributed by atoms with Gasteiger partial charge in [-0.3, -0.25) is 19.2 Å². The van der Waals surface area contributed by atoms with Crippen LogP contribution in [0.5, 0.6) is 0 Å². The van der Waals surface area contributed by atoms with Gasteiger partial charge in [0.25, 0.3) is 11.8 Å². The maximum Gasteiger partial charge on any atom is 0.253 e. The molecule has 0 bridgehead atoms. The number of hydrogen-bond acceptors (Lipinski definition) is 5. The van der Waals surface area contributed by atoms with E-state index in [9.17, 15) is 19.2 Å². The predicted molar refractivity (Wildman–Crippen MR) is 196 cm³/mol. The highest BCUT2D eigenvalue weighted by atomic mass is 35.5. The molecule has 5 N–H and O–H groups in total. The monoisotopic (exact) mass is 689 g/mol. The van der Waals surface area contributed by atoms with Crippen LogP contribution in [-0.2, 0) is 22.6 Å². The number of hydrogen-bond donors (Lipinski definition) is 4. The Kier molecular flexibility index (Phi) is 15.8. The third kappa shape index (κ3) is 12.3. The van der Waals surface area contributed by atoms with Gasteiger partial charge in [0.05, 0.1) is 0 Å². The molecule has 0 radical (unpaired) electrons. The van der Waals surface area contributed by atoms with Crippen molar-refractivity contribution in [2.75, 3.05) is 13.1 Å². The molecule has 0 aliphatic heterocycles. The molecule has 0 saturated carbocycles. The van der Waals surface area contributed by atoms with E-state index < -0.39 is 24.0 Å². The van der Waals surface area contributed by atoms with Crippen molar-refractivity contribution in [3.63, 3.8) is 0 Å². The molecule has 49 heavy (non-hydrogen) atoms. The fraction of sp³-hybridized carbons (Fsp3) is 0.436. The lowest BCUT2D eigenvalue weighted by molar-refractivity contribution is -0.132. The highest BCUT2D eigenvalue weighted by molar-refractivity contribution is 6.30. The van der Waals surface area contributed by atoms with Crippen molar-refractivity contribution in [1.82, 2.24) is 20.9 Å². The van der Waals surface area contributed by atoms with Gasteiger partial charge in [-0.25, -0.2) is 0 Å². The van der Waals surface area contributed by atoms with Gasteiger partial charge in [0.2, 0.25) is 11.8 Å². The molecule has 0 aliphatic rings. The van der Waals surface area contributed by atoms with Gasteiger partial charge >= 0.3 is 0 Å². The Morgan fingerprint density at radius 1 is 0.776 bits per heavy atom. The Hall–Kier alpha value is -4.21. The van der Waals surface area contributed by atoms with Crippen LogP contribution >= 0.6 is 11.6 Å². The number of nitrogens with zero attached hydrogens (tertiary/aromatic N) is 1. The maximum atomic E-state index is 13.6. The van der Waals surface area contributed by atoms with Crippen LogP contribution in [0, 0.1) is 11.8 Å². The molecule has 0 fully saturated rings. The molecule has 3 aromatic carbocycles. The maximum absolute atomic E-state index is 13.6. The number of nitrogens with one attached hydrogen (secondary N) is 3. The van der Waals surface area contributed by atoms with E-state index in [-0.39, 0.29) is 36.0 Å². The van der Waals surface area contributed by atoms with Crippen molar-refractivity contribution in [3.8, 4) is 0 Å². The van der Waals surface area contributed by atoms with Crippen LogP contribution in [0.2, 0.25) is 5.02 Å². The molecule has 264 valence electrons. The van der Waals surface area contributed by atoms with E-state index in [0.29, 0.717) is 42.2 Å². The summed E-state index contributed by atoms with van der Waals surface area (Å²) in [6.45, 7) is 11.2. The fourth-order valence-corrected chi connectivity index (χ4v) is 5.80. The first-order valence-electron chi connectivity index (χ1n) is 17.3. The Morgan fingerprint density at radius 3 is 2.02 bits per heavy atom. The summed E-state index contributed by atoms with van der Waals surface area (Å²) in [5.41, 5.74) is 9.42. The highest BCUT2D eigenvalue weighted by Gasteiger charge is 2.29.